The van der Waals surface area contributed by atoms with Gasteiger partial charge in [0.25, 0.3) is 0 Å². The van der Waals surface area contributed by atoms with E-state index in [9.17, 15) is 0 Å². The highest BCUT2D eigenvalue weighted by atomic mass is 16.5. The minimum Gasteiger partial charge on any atom is -0.456 e. The summed E-state index contributed by atoms with van der Waals surface area (Å²) in [7, 11) is 0. The molecule has 0 amide bonds. The van der Waals surface area contributed by atoms with Gasteiger partial charge in [-0.15, -0.1) is 0 Å². The Morgan fingerprint density at radius 2 is 1.21 bits per heavy atom. The molecule has 1 aromatic heterocycles. The fourth-order valence-corrected chi connectivity index (χ4v) is 8.89. The highest BCUT2D eigenvalue weighted by Crippen LogP contribution is 2.56. The fraction of sp³-hybridized carbons (Fsp3) is 0.0612. The van der Waals surface area contributed by atoms with E-state index >= 15 is 0 Å². The van der Waals surface area contributed by atoms with Crippen molar-refractivity contribution in [3.8, 4) is 44.9 Å². The summed E-state index contributed by atoms with van der Waals surface area (Å²) in [5.74, 6) is 1.74. The average molecular weight is 668 g/mol. The van der Waals surface area contributed by atoms with E-state index < -0.39 is 0 Å². The predicted octanol–water partition coefficient (Wildman–Crippen LogP) is 14.0. The number of benzene rings is 8. The zero-order valence-corrected chi connectivity index (χ0v) is 28.9. The molecule has 9 aromatic rings. The van der Waals surface area contributed by atoms with Crippen LogP contribution in [0.3, 0.4) is 0 Å². The predicted molar refractivity (Wildman–Crippen MR) is 214 cm³/mol. The van der Waals surface area contributed by atoms with Crippen molar-refractivity contribution in [2.24, 2.45) is 0 Å². The Bertz CT molecular complexity index is 2920. The second kappa shape index (κ2) is 10.7. The number of furan rings is 1. The van der Waals surface area contributed by atoms with Crippen molar-refractivity contribution in [3.63, 3.8) is 0 Å². The minimum absolute atomic E-state index is 0.213. The lowest BCUT2D eigenvalue weighted by Gasteiger charge is -2.33. The van der Waals surface area contributed by atoms with Crippen molar-refractivity contribution < 1.29 is 9.15 Å². The number of fused-ring (bicyclic) bond motifs is 8. The van der Waals surface area contributed by atoms with Gasteiger partial charge in [-0.25, -0.2) is 0 Å². The molecular formula is C49H33NO2. The molecule has 0 bridgehead atoms. The van der Waals surface area contributed by atoms with Gasteiger partial charge in [-0.3, -0.25) is 0 Å². The molecule has 1 aliphatic carbocycles. The Balaban J connectivity index is 1.16. The number of nitrogens with zero attached hydrogens (tertiary/aromatic N) is 1. The summed E-state index contributed by atoms with van der Waals surface area (Å²) in [6.07, 6.45) is 0. The van der Waals surface area contributed by atoms with Crippen LogP contribution in [0.25, 0.3) is 66.1 Å². The van der Waals surface area contributed by atoms with Crippen molar-refractivity contribution in [2.45, 2.75) is 19.3 Å². The van der Waals surface area contributed by atoms with Crippen molar-refractivity contribution in [3.05, 3.63) is 175 Å². The van der Waals surface area contributed by atoms with Gasteiger partial charge in [0.05, 0.1) is 11.4 Å². The van der Waals surface area contributed by atoms with Crippen LogP contribution >= 0.6 is 0 Å². The Hall–Kier alpha value is -6.58. The van der Waals surface area contributed by atoms with E-state index in [1.165, 1.54) is 33.4 Å². The van der Waals surface area contributed by atoms with Crippen LogP contribution in [0.1, 0.15) is 25.0 Å². The molecule has 0 spiro atoms. The Morgan fingerprint density at radius 1 is 0.462 bits per heavy atom. The van der Waals surface area contributed by atoms with Crippen LogP contribution in [0.2, 0.25) is 0 Å². The zero-order valence-electron chi connectivity index (χ0n) is 28.9. The SMILES string of the molecule is CC1(C)c2ccccc2-c2cccc(N(c3ccc4c(c3)oc3ccccc34)c3ccc4c5c(cccc35)-c3ccc(-c5ccccc5)cc3O4)c21. The van der Waals surface area contributed by atoms with Gasteiger partial charge in [0, 0.05) is 44.3 Å². The first-order chi connectivity index (χ1) is 25.5. The minimum atomic E-state index is -0.213. The third-order valence-corrected chi connectivity index (χ3v) is 11.2. The third-order valence-electron chi connectivity index (χ3n) is 11.2. The average Bonchev–Trinajstić information content (AvgIpc) is 3.68. The maximum Gasteiger partial charge on any atom is 0.137 e. The second-order valence-corrected chi connectivity index (χ2v) is 14.5. The maximum atomic E-state index is 6.77. The van der Waals surface area contributed by atoms with Gasteiger partial charge in [-0.2, -0.15) is 0 Å². The molecule has 1 aliphatic heterocycles. The molecule has 3 heteroatoms. The summed E-state index contributed by atoms with van der Waals surface area (Å²) in [6.45, 7) is 4.71. The summed E-state index contributed by atoms with van der Waals surface area (Å²) in [6, 6.07) is 58.6. The molecule has 11 rings (SSSR count). The highest BCUT2D eigenvalue weighted by Gasteiger charge is 2.39. The van der Waals surface area contributed by atoms with Gasteiger partial charge in [0.15, 0.2) is 0 Å². The van der Waals surface area contributed by atoms with Gasteiger partial charge in [0.1, 0.15) is 22.7 Å². The molecule has 0 saturated carbocycles. The van der Waals surface area contributed by atoms with Crippen molar-refractivity contribution in [2.75, 3.05) is 4.90 Å². The van der Waals surface area contributed by atoms with Gasteiger partial charge >= 0.3 is 0 Å². The smallest absolute Gasteiger partial charge is 0.137 e. The lowest BCUT2D eigenvalue weighted by molar-refractivity contribution is 0.487. The van der Waals surface area contributed by atoms with E-state index in [1.54, 1.807) is 0 Å². The second-order valence-electron chi connectivity index (χ2n) is 14.5. The van der Waals surface area contributed by atoms with Gasteiger partial charge in [-0.1, -0.05) is 123 Å². The van der Waals surface area contributed by atoms with Crippen LogP contribution in [-0.2, 0) is 5.41 Å². The number of para-hydroxylation sites is 1. The summed E-state index contributed by atoms with van der Waals surface area (Å²) in [4.78, 5) is 2.44. The largest absolute Gasteiger partial charge is 0.456 e. The fourth-order valence-electron chi connectivity index (χ4n) is 8.89. The van der Waals surface area contributed by atoms with Crippen molar-refractivity contribution in [1.82, 2.24) is 0 Å². The van der Waals surface area contributed by atoms with E-state index in [0.717, 1.165) is 72.4 Å². The van der Waals surface area contributed by atoms with Gasteiger partial charge in [0.2, 0.25) is 0 Å². The Labute approximate surface area is 302 Å². The standard InChI is InChI=1S/C49H33NO2/c1-49(2)40-19-8-6-14-33(40)38-17-11-20-42(48(38)49)50(32-23-25-35-34-15-7-9-21-43(34)51-46(35)29-32)41-26-27-44-47-37(16-10-18-39(41)47)36-24-22-31(28-45(36)52-44)30-12-4-3-5-13-30/h3-29H,1-2H3. The molecule has 2 heterocycles. The lowest BCUT2D eigenvalue weighted by Crippen LogP contribution is -2.21. The molecule has 0 N–H and O–H groups in total. The monoisotopic (exact) mass is 667 g/mol. The molecular weight excluding hydrogens is 635 g/mol. The lowest BCUT2D eigenvalue weighted by atomic mass is 9.81. The molecule has 8 aromatic carbocycles. The Morgan fingerprint density at radius 3 is 2.13 bits per heavy atom. The quantitative estimate of drug-likeness (QED) is 0.187. The normalized spacial score (nSPS) is 13.5. The van der Waals surface area contributed by atoms with Crippen molar-refractivity contribution >= 4 is 49.8 Å². The van der Waals surface area contributed by atoms with Gasteiger partial charge in [-0.05, 0) is 87.5 Å². The molecule has 0 saturated heterocycles. The summed E-state index contributed by atoms with van der Waals surface area (Å²) < 4.78 is 13.3. The molecule has 0 radical (unpaired) electrons. The van der Waals surface area contributed by atoms with Gasteiger partial charge < -0.3 is 14.1 Å². The van der Waals surface area contributed by atoms with E-state index in [2.05, 4.69) is 170 Å². The van der Waals surface area contributed by atoms with E-state index in [4.69, 9.17) is 9.15 Å². The molecule has 246 valence electrons. The topological polar surface area (TPSA) is 25.6 Å². The van der Waals surface area contributed by atoms with Crippen molar-refractivity contribution in [1.29, 1.82) is 0 Å². The molecule has 52 heavy (non-hydrogen) atoms. The third kappa shape index (κ3) is 4.08. The summed E-state index contributed by atoms with van der Waals surface area (Å²) >= 11 is 0. The van der Waals surface area contributed by atoms with Crippen LogP contribution in [0.15, 0.2) is 168 Å². The molecule has 3 nitrogen and oxygen atoms in total. The van der Waals surface area contributed by atoms with E-state index in [1.807, 2.05) is 12.1 Å². The van der Waals surface area contributed by atoms with Crippen LogP contribution in [0.5, 0.6) is 11.5 Å². The van der Waals surface area contributed by atoms with E-state index in [-0.39, 0.29) is 5.41 Å². The Kier molecular flexibility index (Phi) is 6.01. The molecule has 2 aliphatic rings. The molecule has 0 fully saturated rings. The summed E-state index contributed by atoms with van der Waals surface area (Å²) in [5.41, 5.74) is 14.7. The number of ether oxygens (including phenoxy) is 1. The number of anilines is 3. The molecule has 0 unspecified atom stereocenters. The first-order valence-electron chi connectivity index (χ1n) is 17.9. The number of rotatable bonds is 4. The first-order valence-corrected chi connectivity index (χ1v) is 17.9. The zero-order chi connectivity index (χ0) is 34.6. The highest BCUT2D eigenvalue weighted by molar-refractivity contribution is 6.12. The summed E-state index contributed by atoms with van der Waals surface area (Å²) in [5, 5.41) is 4.48. The maximum absolute atomic E-state index is 6.77. The number of hydrogen-bond donors (Lipinski definition) is 0. The molecule has 0 atom stereocenters. The van der Waals surface area contributed by atoms with Crippen LogP contribution < -0.4 is 9.64 Å². The number of hydrogen-bond acceptors (Lipinski definition) is 3. The van der Waals surface area contributed by atoms with E-state index in [0.29, 0.717) is 0 Å². The van der Waals surface area contributed by atoms with Crippen LogP contribution in [0.4, 0.5) is 17.1 Å². The first kappa shape index (κ1) is 29.2. The van der Waals surface area contributed by atoms with Crippen LogP contribution in [-0.4, -0.2) is 0 Å². The van der Waals surface area contributed by atoms with Crippen LogP contribution in [0, 0.1) is 0 Å².